The van der Waals surface area contributed by atoms with E-state index in [1.165, 1.54) is 10.9 Å². The molecule has 0 aliphatic carbocycles. The average Bonchev–Trinajstić information content (AvgIpc) is 2.68. The number of nitrogens with one attached hydrogen (secondary N) is 1. The molecule has 1 aromatic heterocycles. The Morgan fingerprint density at radius 1 is 1.50 bits per heavy atom. The summed E-state index contributed by atoms with van der Waals surface area (Å²) in [4.78, 5) is 12.0. The molecule has 1 heterocycles. The molecule has 2 aromatic rings. The highest BCUT2D eigenvalue weighted by Gasteiger charge is 2.14. The molecule has 0 bridgehead atoms. The molecule has 0 spiro atoms. The fourth-order valence-electron chi connectivity index (χ4n) is 1.63. The van der Waals surface area contributed by atoms with Gasteiger partial charge in [-0.1, -0.05) is 34.1 Å². The van der Waals surface area contributed by atoms with Gasteiger partial charge in [-0.25, -0.2) is 0 Å². The Labute approximate surface area is 113 Å². The summed E-state index contributed by atoms with van der Waals surface area (Å²) < 4.78 is 2.42. The van der Waals surface area contributed by atoms with Crippen LogP contribution in [0.15, 0.2) is 34.9 Å². The van der Waals surface area contributed by atoms with Crippen molar-refractivity contribution in [3.8, 4) is 0 Å². The first-order valence-electron chi connectivity index (χ1n) is 5.38. The molecule has 0 fully saturated rings. The van der Waals surface area contributed by atoms with E-state index in [2.05, 4.69) is 26.3 Å². The predicted octanol–water partition coefficient (Wildman–Crippen LogP) is 1.69. The Kier molecular flexibility index (Phi) is 3.66. The summed E-state index contributed by atoms with van der Waals surface area (Å²) in [5.41, 5.74) is 7.45. The molecule has 0 aliphatic rings. The van der Waals surface area contributed by atoms with Crippen LogP contribution in [0.25, 0.3) is 0 Å². The van der Waals surface area contributed by atoms with Gasteiger partial charge in [-0.15, -0.1) is 0 Å². The van der Waals surface area contributed by atoms with Gasteiger partial charge in [-0.2, -0.15) is 5.10 Å². The second-order valence-electron chi connectivity index (χ2n) is 3.85. The third-order valence-electron chi connectivity index (χ3n) is 2.58. The zero-order chi connectivity index (χ0) is 13.1. The van der Waals surface area contributed by atoms with E-state index in [0.29, 0.717) is 17.9 Å². The highest BCUT2D eigenvalue weighted by molar-refractivity contribution is 9.10. The van der Waals surface area contributed by atoms with Crippen molar-refractivity contribution in [2.75, 3.05) is 5.73 Å². The van der Waals surface area contributed by atoms with Crippen LogP contribution in [0.2, 0.25) is 0 Å². The van der Waals surface area contributed by atoms with E-state index < -0.39 is 0 Å². The van der Waals surface area contributed by atoms with Crippen LogP contribution in [0.4, 0.5) is 5.69 Å². The summed E-state index contributed by atoms with van der Waals surface area (Å²) in [5, 5.41) is 6.75. The number of carbonyl (C=O) groups excluding carboxylic acids is 1. The third kappa shape index (κ3) is 2.53. The van der Waals surface area contributed by atoms with E-state index in [1.54, 1.807) is 7.05 Å². The number of anilines is 1. The van der Waals surface area contributed by atoms with Crippen molar-refractivity contribution < 1.29 is 4.79 Å². The van der Waals surface area contributed by atoms with Gasteiger partial charge in [-0.3, -0.25) is 9.48 Å². The second-order valence-corrected chi connectivity index (χ2v) is 4.70. The van der Waals surface area contributed by atoms with Crippen molar-refractivity contribution in [1.82, 2.24) is 15.1 Å². The van der Waals surface area contributed by atoms with Gasteiger partial charge < -0.3 is 11.1 Å². The monoisotopic (exact) mass is 308 g/mol. The number of halogens is 1. The molecule has 1 amide bonds. The highest BCUT2D eigenvalue weighted by atomic mass is 79.9. The Bertz CT molecular complexity index is 560. The van der Waals surface area contributed by atoms with E-state index in [4.69, 9.17) is 5.73 Å². The standard InChI is InChI=1S/C12H13BrN4O/c1-17-11(10(14)7-16-17)12(18)15-6-8-4-2-3-5-9(8)13/h2-5,7H,6,14H2,1H3,(H,15,18). The lowest BCUT2D eigenvalue weighted by molar-refractivity contribution is 0.0942. The summed E-state index contributed by atoms with van der Waals surface area (Å²) in [6.07, 6.45) is 1.47. The summed E-state index contributed by atoms with van der Waals surface area (Å²) in [7, 11) is 1.68. The smallest absolute Gasteiger partial charge is 0.271 e. The SMILES string of the molecule is Cn1ncc(N)c1C(=O)NCc1ccccc1Br. The van der Waals surface area contributed by atoms with Gasteiger partial charge in [0.2, 0.25) is 0 Å². The highest BCUT2D eigenvalue weighted by Crippen LogP contribution is 2.16. The Hall–Kier alpha value is -1.82. The first kappa shape index (κ1) is 12.6. The largest absolute Gasteiger partial charge is 0.396 e. The summed E-state index contributed by atoms with van der Waals surface area (Å²) in [6, 6.07) is 7.72. The third-order valence-corrected chi connectivity index (χ3v) is 3.35. The molecule has 6 heteroatoms. The van der Waals surface area contributed by atoms with Gasteiger partial charge in [0.05, 0.1) is 11.9 Å². The fourth-order valence-corrected chi connectivity index (χ4v) is 2.06. The van der Waals surface area contributed by atoms with Crippen LogP contribution in [-0.4, -0.2) is 15.7 Å². The van der Waals surface area contributed by atoms with Gasteiger partial charge in [0, 0.05) is 18.1 Å². The maximum Gasteiger partial charge on any atom is 0.271 e. The number of hydrogen-bond donors (Lipinski definition) is 2. The summed E-state index contributed by atoms with van der Waals surface area (Å²) in [6.45, 7) is 0.435. The van der Waals surface area contributed by atoms with E-state index in [1.807, 2.05) is 24.3 Å². The van der Waals surface area contributed by atoms with Crippen molar-refractivity contribution in [3.05, 3.63) is 46.2 Å². The number of aromatic nitrogens is 2. The number of nitrogen functional groups attached to an aromatic ring is 1. The van der Waals surface area contributed by atoms with Gasteiger partial charge in [-0.05, 0) is 11.6 Å². The van der Waals surface area contributed by atoms with E-state index >= 15 is 0 Å². The first-order valence-corrected chi connectivity index (χ1v) is 6.18. The number of rotatable bonds is 3. The zero-order valence-corrected chi connectivity index (χ0v) is 11.4. The van der Waals surface area contributed by atoms with E-state index in [-0.39, 0.29) is 5.91 Å². The van der Waals surface area contributed by atoms with Crippen LogP contribution in [0.3, 0.4) is 0 Å². The number of aryl methyl sites for hydroxylation is 1. The Morgan fingerprint density at radius 3 is 2.83 bits per heavy atom. The van der Waals surface area contributed by atoms with Crippen LogP contribution in [0.5, 0.6) is 0 Å². The maximum absolute atomic E-state index is 12.0. The van der Waals surface area contributed by atoms with Crippen molar-refractivity contribution in [2.24, 2.45) is 7.05 Å². The lowest BCUT2D eigenvalue weighted by Crippen LogP contribution is -2.26. The van der Waals surface area contributed by atoms with Crippen molar-refractivity contribution >= 4 is 27.5 Å². The molecule has 0 aliphatic heterocycles. The van der Waals surface area contributed by atoms with Crippen LogP contribution in [-0.2, 0) is 13.6 Å². The normalized spacial score (nSPS) is 10.3. The van der Waals surface area contributed by atoms with E-state index in [9.17, 15) is 4.79 Å². The van der Waals surface area contributed by atoms with Gasteiger partial charge in [0.25, 0.3) is 5.91 Å². The van der Waals surface area contributed by atoms with Crippen molar-refractivity contribution in [1.29, 1.82) is 0 Å². The number of nitrogens with two attached hydrogens (primary N) is 1. The van der Waals surface area contributed by atoms with Gasteiger partial charge in [0.1, 0.15) is 5.69 Å². The predicted molar refractivity (Wildman–Crippen MR) is 72.9 cm³/mol. The summed E-state index contributed by atoms with van der Waals surface area (Å²) in [5.74, 6) is -0.233. The Balaban J connectivity index is 2.08. The molecule has 0 radical (unpaired) electrons. The topological polar surface area (TPSA) is 72.9 Å². The molecular formula is C12H13BrN4O. The molecule has 18 heavy (non-hydrogen) atoms. The minimum absolute atomic E-state index is 0.233. The summed E-state index contributed by atoms with van der Waals surface area (Å²) >= 11 is 3.43. The first-order chi connectivity index (χ1) is 8.59. The molecule has 0 saturated carbocycles. The molecule has 0 unspecified atom stereocenters. The molecule has 94 valence electrons. The minimum atomic E-state index is -0.233. The van der Waals surface area contributed by atoms with Gasteiger partial charge >= 0.3 is 0 Å². The Morgan fingerprint density at radius 2 is 2.22 bits per heavy atom. The number of carbonyl (C=O) groups is 1. The molecule has 5 nitrogen and oxygen atoms in total. The molecule has 0 saturated heterocycles. The van der Waals surface area contributed by atoms with Crippen LogP contribution in [0.1, 0.15) is 16.1 Å². The molecular weight excluding hydrogens is 296 g/mol. The average molecular weight is 309 g/mol. The maximum atomic E-state index is 12.0. The van der Waals surface area contributed by atoms with Gasteiger partial charge in [0.15, 0.2) is 0 Å². The molecule has 0 atom stereocenters. The quantitative estimate of drug-likeness (QED) is 0.906. The van der Waals surface area contributed by atoms with Crippen LogP contribution < -0.4 is 11.1 Å². The molecule has 2 rings (SSSR count). The number of nitrogens with zero attached hydrogens (tertiary/aromatic N) is 2. The fraction of sp³-hybridized carbons (Fsp3) is 0.167. The van der Waals surface area contributed by atoms with Crippen molar-refractivity contribution in [3.63, 3.8) is 0 Å². The van der Waals surface area contributed by atoms with Crippen LogP contribution >= 0.6 is 15.9 Å². The zero-order valence-electron chi connectivity index (χ0n) is 9.85. The molecule has 1 aromatic carbocycles. The van der Waals surface area contributed by atoms with E-state index in [0.717, 1.165) is 10.0 Å². The molecule has 3 N–H and O–H groups in total. The van der Waals surface area contributed by atoms with Crippen molar-refractivity contribution in [2.45, 2.75) is 6.54 Å². The second kappa shape index (κ2) is 5.22. The minimum Gasteiger partial charge on any atom is -0.396 e. The number of amides is 1. The number of benzene rings is 1. The number of hydrogen-bond acceptors (Lipinski definition) is 3. The lowest BCUT2D eigenvalue weighted by atomic mass is 10.2. The van der Waals surface area contributed by atoms with Crippen LogP contribution in [0, 0.1) is 0 Å². The lowest BCUT2D eigenvalue weighted by Gasteiger charge is -2.07.